The molecule has 5 rings (SSSR count). The van der Waals surface area contributed by atoms with Crippen molar-refractivity contribution in [1.29, 1.82) is 0 Å². The van der Waals surface area contributed by atoms with E-state index in [1.165, 1.54) is 5.56 Å². The first-order chi connectivity index (χ1) is 12.2. The van der Waals surface area contributed by atoms with Crippen LogP contribution in [0.4, 0.5) is 0 Å². The second kappa shape index (κ2) is 5.50. The Balaban J connectivity index is 1.73. The third-order valence-electron chi connectivity index (χ3n) is 6.76. The number of nitrogens with zero attached hydrogens (tertiary/aromatic N) is 1. The zero-order valence-corrected chi connectivity index (χ0v) is 15.0. The Bertz CT molecular complexity index is 708. The summed E-state index contributed by atoms with van der Waals surface area (Å²) in [7, 11) is 5.30. The Morgan fingerprint density at radius 3 is 2.80 bits per heavy atom. The quantitative estimate of drug-likeness (QED) is 0.838. The second-order valence-electron chi connectivity index (χ2n) is 7.48. The summed E-state index contributed by atoms with van der Waals surface area (Å²) in [6, 6.07) is 2.63. The van der Waals surface area contributed by atoms with Crippen molar-refractivity contribution in [2.45, 2.75) is 49.5 Å². The summed E-state index contributed by atoms with van der Waals surface area (Å²) < 4.78 is 28.9. The van der Waals surface area contributed by atoms with Crippen LogP contribution in [-0.2, 0) is 14.9 Å². The van der Waals surface area contributed by atoms with E-state index in [-0.39, 0.29) is 18.4 Å². The maximum absolute atomic E-state index is 5.97. The van der Waals surface area contributed by atoms with E-state index < -0.39 is 0 Å². The maximum Gasteiger partial charge on any atom is 0.231 e. The minimum absolute atomic E-state index is 0.115. The van der Waals surface area contributed by atoms with E-state index in [2.05, 4.69) is 11.0 Å². The van der Waals surface area contributed by atoms with Gasteiger partial charge in [0.25, 0.3) is 0 Å². The van der Waals surface area contributed by atoms with Gasteiger partial charge in [-0.25, -0.2) is 0 Å². The number of rotatable bonds is 3. The lowest BCUT2D eigenvalue weighted by Gasteiger charge is -2.51. The van der Waals surface area contributed by atoms with E-state index in [0.29, 0.717) is 17.9 Å². The van der Waals surface area contributed by atoms with Gasteiger partial charge in [0.05, 0.1) is 13.2 Å². The molecule has 0 aromatic heterocycles. The third-order valence-corrected chi connectivity index (χ3v) is 6.76. The monoisotopic (exact) mass is 347 g/mol. The zero-order valence-electron chi connectivity index (χ0n) is 15.0. The largest absolute Gasteiger partial charge is 0.492 e. The average Bonchev–Trinajstić information content (AvgIpc) is 3.23. The van der Waals surface area contributed by atoms with Crippen LogP contribution in [0.25, 0.3) is 0 Å². The van der Waals surface area contributed by atoms with Crippen molar-refractivity contribution in [1.82, 2.24) is 4.90 Å². The average molecular weight is 347 g/mol. The molecule has 1 saturated heterocycles. The molecule has 1 saturated carbocycles. The van der Waals surface area contributed by atoms with Gasteiger partial charge in [-0.05, 0) is 37.3 Å². The highest BCUT2D eigenvalue weighted by Gasteiger charge is 2.59. The molecule has 0 radical (unpaired) electrons. The van der Waals surface area contributed by atoms with Gasteiger partial charge < -0.3 is 23.7 Å². The summed E-state index contributed by atoms with van der Waals surface area (Å²) in [5, 5.41) is 0. The highest BCUT2D eigenvalue weighted by molar-refractivity contribution is 5.64. The minimum Gasteiger partial charge on any atom is -0.492 e. The van der Waals surface area contributed by atoms with Gasteiger partial charge in [-0.15, -0.1) is 0 Å². The van der Waals surface area contributed by atoms with E-state index >= 15 is 0 Å². The number of methoxy groups -OCH3 is 3. The standard InChI is InChI=1S/C19H25NO5/c1-21-11-4-5-19-6-7-20(14(19)8-11)18(23-3)15-12(19)9-13-16(17(15)22-2)25-10-24-13/h9,11,14,18H,4-8,10H2,1-3H3. The van der Waals surface area contributed by atoms with Gasteiger partial charge in [-0.1, -0.05) is 0 Å². The molecule has 136 valence electrons. The number of fused-ring (bicyclic) bond motifs is 2. The molecule has 5 unspecified atom stereocenters. The molecule has 2 fully saturated rings. The summed E-state index contributed by atoms with van der Waals surface area (Å²) in [6.45, 7) is 1.28. The number of ether oxygens (including phenoxy) is 5. The van der Waals surface area contributed by atoms with Crippen LogP contribution in [0.5, 0.6) is 17.2 Å². The van der Waals surface area contributed by atoms with Gasteiger partial charge in [0.15, 0.2) is 11.5 Å². The van der Waals surface area contributed by atoms with Gasteiger partial charge in [-0.2, -0.15) is 0 Å². The Kier molecular flexibility index (Phi) is 3.46. The Hall–Kier alpha value is -1.50. The van der Waals surface area contributed by atoms with E-state index in [1.54, 1.807) is 14.2 Å². The van der Waals surface area contributed by atoms with Gasteiger partial charge in [-0.3, -0.25) is 4.90 Å². The number of benzene rings is 1. The molecule has 3 heterocycles. The molecule has 0 N–H and O–H groups in total. The summed E-state index contributed by atoms with van der Waals surface area (Å²) in [4.78, 5) is 2.50. The predicted molar refractivity (Wildman–Crippen MR) is 90.3 cm³/mol. The SMILES string of the molecule is COc1c2c(cc3c1C(OC)N1CCC34CCC(OC)CC14)OCO2. The van der Waals surface area contributed by atoms with Gasteiger partial charge >= 0.3 is 0 Å². The Morgan fingerprint density at radius 2 is 2.04 bits per heavy atom. The van der Waals surface area contributed by atoms with E-state index in [9.17, 15) is 0 Å². The fourth-order valence-electron chi connectivity index (χ4n) is 5.66. The van der Waals surface area contributed by atoms with Crippen molar-refractivity contribution in [3.63, 3.8) is 0 Å². The lowest BCUT2D eigenvalue weighted by molar-refractivity contribution is -0.0847. The summed E-state index contributed by atoms with van der Waals surface area (Å²) in [5.74, 6) is 2.28. The van der Waals surface area contributed by atoms with Crippen LogP contribution in [0, 0.1) is 0 Å². The first-order valence-electron chi connectivity index (χ1n) is 9.06. The first kappa shape index (κ1) is 15.7. The highest BCUT2D eigenvalue weighted by atomic mass is 16.7. The van der Waals surface area contributed by atoms with Crippen LogP contribution < -0.4 is 14.2 Å². The number of hydrogen-bond donors (Lipinski definition) is 0. The molecule has 1 aliphatic carbocycles. The Labute approximate surface area is 147 Å². The van der Waals surface area contributed by atoms with Gasteiger partial charge in [0.1, 0.15) is 6.23 Å². The van der Waals surface area contributed by atoms with Crippen LogP contribution in [0.3, 0.4) is 0 Å². The van der Waals surface area contributed by atoms with Crippen molar-refractivity contribution < 1.29 is 23.7 Å². The molecule has 0 amide bonds. The van der Waals surface area contributed by atoms with Crippen LogP contribution in [0.15, 0.2) is 6.07 Å². The van der Waals surface area contributed by atoms with Crippen molar-refractivity contribution in [2.75, 3.05) is 34.7 Å². The highest BCUT2D eigenvalue weighted by Crippen LogP contribution is 2.61. The minimum atomic E-state index is -0.115. The molecular weight excluding hydrogens is 322 g/mol. The normalized spacial score (nSPS) is 37.6. The first-order valence-corrected chi connectivity index (χ1v) is 9.06. The van der Waals surface area contributed by atoms with Crippen molar-refractivity contribution in [2.24, 2.45) is 0 Å². The van der Waals surface area contributed by atoms with Crippen LogP contribution >= 0.6 is 0 Å². The van der Waals surface area contributed by atoms with Crippen LogP contribution in [-0.4, -0.2) is 51.7 Å². The molecule has 6 heteroatoms. The molecule has 0 spiro atoms. The van der Waals surface area contributed by atoms with Crippen LogP contribution in [0.2, 0.25) is 0 Å². The lowest BCUT2D eigenvalue weighted by atomic mass is 9.62. The van der Waals surface area contributed by atoms with E-state index in [1.807, 2.05) is 7.11 Å². The van der Waals surface area contributed by atoms with Crippen molar-refractivity contribution in [3.8, 4) is 17.2 Å². The molecule has 4 aliphatic rings. The van der Waals surface area contributed by atoms with Crippen molar-refractivity contribution in [3.05, 3.63) is 17.2 Å². The molecule has 25 heavy (non-hydrogen) atoms. The molecule has 6 nitrogen and oxygen atoms in total. The molecular formula is C19H25NO5. The Morgan fingerprint density at radius 1 is 1.16 bits per heavy atom. The van der Waals surface area contributed by atoms with E-state index in [4.69, 9.17) is 23.7 Å². The van der Waals surface area contributed by atoms with Gasteiger partial charge in [0, 0.05) is 37.8 Å². The molecule has 5 atom stereocenters. The summed E-state index contributed by atoms with van der Waals surface area (Å²) in [6.07, 6.45) is 4.62. The van der Waals surface area contributed by atoms with Crippen LogP contribution in [0.1, 0.15) is 43.0 Å². The lowest BCUT2D eigenvalue weighted by Crippen LogP contribution is -2.53. The van der Waals surface area contributed by atoms with Gasteiger partial charge in [0.2, 0.25) is 12.5 Å². The molecule has 1 aromatic carbocycles. The molecule has 2 bridgehead atoms. The fraction of sp³-hybridized carbons (Fsp3) is 0.684. The summed E-state index contributed by atoms with van der Waals surface area (Å²) in [5.41, 5.74) is 2.58. The number of hydrogen-bond acceptors (Lipinski definition) is 6. The maximum atomic E-state index is 5.97. The second-order valence-corrected chi connectivity index (χ2v) is 7.48. The third kappa shape index (κ3) is 1.90. The molecule has 1 aromatic rings. The fourth-order valence-corrected chi connectivity index (χ4v) is 5.66. The van der Waals surface area contributed by atoms with E-state index in [0.717, 1.165) is 49.3 Å². The predicted octanol–water partition coefficient (Wildman–Crippen LogP) is 2.59. The summed E-state index contributed by atoms with van der Waals surface area (Å²) >= 11 is 0. The zero-order chi connectivity index (χ0) is 17.2. The molecule has 3 aliphatic heterocycles. The van der Waals surface area contributed by atoms with Crippen molar-refractivity contribution >= 4 is 0 Å². The topological polar surface area (TPSA) is 49.4 Å². The smallest absolute Gasteiger partial charge is 0.231 e.